The van der Waals surface area contributed by atoms with Crippen LogP contribution in [0.25, 0.3) is 0 Å². The van der Waals surface area contributed by atoms with Crippen molar-refractivity contribution in [1.82, 2.24) is 4.90 Å². The van der Waals surface area contributed by atoms with E-state index < -0.39 is 12.0 Å². The highest BCUT2D eigenvalue weighted by Gasteiger charge is 2.38. The Bertz CT molecular complexity index is 852. The number of Topliss-reactive ketones (excluding diaryl/α,β-unsaturated/α-hetero) is 1. The van der Waals surface area contributed by atoms with Crippen LogP contribution in [0.2, 0.25) is 0 Å². The minimum Gasteiger partial charge on any atom is -0.392 e. The van der Waals surface area contributed by atoms with Crippen LogP contribution in [0.15, 0.2) is 54.6 Å². The van der Waals surface area contributed by atoms with Gasteiger partial charge in [-0.25, -0.2) is 0 Å². The van der Waals surface area contributed by atoms with E-state index in [-0.39, 0.29) is 24.0 Å². The number of hydrogen-bond donors (Lipinski definition) is 2. The predicted molar refractivity (Wildman–Crippen MR) is 117 cm³/mol. The Hall–Kier alpha value is -2.50. The van der Waals surface area contributed by atoms with Gasteiger partial charge in [-0.1, -0.05) is 54.6 Å². The topological polar surface area (TPSA) is 83.6 Å². The van der Waals surface area contributed by atoms with E-state index in [1.54, 1.807) is 6.92 Å². The number of piperidine rings is 1. The molecule has 0 unspecified atom stereocenters. The van der Waals surface area contributed by atoms with Crippen molar-refractivity contribution in [3.05, 3.63) is 71.3 Å². The number of hydrogen-bond acceptors (Lipinski definition) is 4. The summed E-state index contributed by atoms with van der Waals surface area (Å²) < 4.78 is 0. The van der Waals surface area contributed by atoms with Crippen LogP contribution in [0.5, 0.6) is 0 Å². The molecule has 0 aromatic heterocycles. The van der Waals surface area contributed by atoms with Crippen LogP contribution in [-0.2, 0) is 29.1 Å². The molecule has 1 saturated heterocycles. The van der Waals surface area contributed by atoms with Gasteiger partial charge in [-0.05, 0) is 48.8 Å². The molecule has 5 nitrogen and oxygen atoms in total. The Morgan fingerprint density at radius 1 is 1.13 bits per heavy atom. The Balaban J connectivity index is 1.74. The van der Waals surface area contributed by atoms with E-state index in [4.69, 9.17) is 5.73 Å². The smallest absolute Gasteiger partial charge is 0.228 e. The molecule has 5 heteroatoms. The number of carbonyl (C=O) groups excluding carboxylic acids is 2. The van der Waals surface area contributed by atoms with Gasteiger partial charge in [0.05, 0.1) is 12.0 Å². The van der Waals surface area contributed by atoms with Crippen molar-refractivity contribution >= 4 is 11.7 Å². The number of rotatable bonds is 9. The zero-order valence-corrected chi connectivity index (χ0v) is 17.7. The maximum Gasteiger partial charge on any atom is 0.228 e. The standard InChI is InChI=1S/C25H32N2O3/c1-18(28)13-22(15-20-9-5-10-21(14-20)16-26)24(29)23-11-6-12-27(25(23)30)17-19-7-3-2-4-8-19/h2-5,7-10,14,22-24,29H,6,11-13,15-17,26H2,1H3/t22-,23-,24-/m0/s1. The molecule has 0 bridgehead atoms. The lowest BCUT2D eigenvalue weighted by Crippen LogP contribution is -2.47. The molecule has 1 fully saturated rings. The third-order valence-electron chi connectivity index (χ3n) is 5.96. The number of amides is 1. The molecule has 2 aromatic carbocycles. The average molecular weight is 409 g/mol. The second-order valence-electron chi connectivity index (χ2n) is 8.38. The lowest BCUT2D eigenvalue weighted by Gasteiger charge is -2.37. The fourth-order valence-electron chi connectivity index (χ4n) is 4.45. The SMILES string of the molecule is CC(=O)C[C@@H](Cc1cccc(CN)c1)[C@H](O)[C@@H]1CCCN(Cc2ccccc2)C1=O. The van der Waals surface area contributed by atoms with Gasteiger partial charge in [0.15, 0.2) is 0 Å². The molecule has 2 aromatic rings. The van der Waals surface area contributed by atoms with E-state index in [0.717, 1.165) is 23.1 Å². The lowest BCUT2D eigenvalue weighted by atomic mass is 9.79. The first-order chi connectivity index (χ1) is 14.5. The van der Waals surface area contributed by atoms with Crippen molar-refractivity contribution < 1.29 is 14.7 Å². The van der Waals surface area contributed by atoms with E-state index in [9.17, 15) is 14.7 Å². The van der Waals surface area contributed by atoms with Gasteiger partial charge in [-0.15, -0.1) is 0 Å². The van der Waals surface area contributed by atoms with Crippen LogP contribution in [0.4, 0.5) is 0 Å². The molecular weight excluding hydrogens is 376 g/mol. The largest absolute Gasteiger partial charge is 0.392 e. The average Bonchev–Trinajstić information content (AvgIpc) is 2.75. The van der Waals surface area contributed by atoms with Gasteiger partial charge in [0.25, 0.3) is 0 Å². The first-order valence-corrected chi connectivity index (χ1v) is 10.8. The number of carbonyl (C=O) groups is 2. The number of nitrogens with zero attached hydrogens (tertiary/aromatic N) is 1. The van der Waals surface area contributed by atoms with Crippen molar-refractivity contribution in [3.8, 4) is 0 Å². The van der Waals surface area contributed by atoms with E-state index >= 15 is 0 Å². The van der Waals surface area contributed by atoms with Crippen molar-refractivity contribution in [2.45, 2.75) is 51.8 Å². The van der Waals surface area contributed by atoms with E-state index in [0.29, 0.717) is 32.5 Å². The van der Waals surface area contributed by atoms with Crippen molar-refractivity contribution in [2.75, 3.05) is 6.54 Å². The van der Waals surface area contributed by atoms with E-state index in [1.165, 1.54) is 0 Å². The fraction of sp³-hybridized carbons (Fsp3) is 0.440. The molecule has 1 aliphatic heterocycles. The van der Waals surface area contributed by atoms with Crippen LogP contribution in [0, 0.1) is 11.8 Å². The molecular formula is C25H32N2O3. The molecule has 0 radical (unpaired) electrons. The molecule has 0 aliphatic carbocycles. The second kappa shape index (κ2) is 10.5. The molecule has 3 rings (SSSR count). The molecule has 1 heterocycles. The van der Waals surface area contributed by atoms with Crippen molar-refractivity contribution in [3.63, 3.8) is 0 Å². The van der Waals surface area contributed by atoms with Gasteiger partial charge in [-0.3, -0.25) is 4.79 Å². The van der Waals surface area contributed by atoms with Gasteiger partial charge in [0.2, 0.25) is 5.91 Å². The van der Waals surface area contributed by atoms with Crippen molar-refractivity contribution in [2.24, 2.45) is 17.6 Å². The molecule has 3 N–H and O–H groups in total. The third-order valence-corrected chi connectivity index (χ3v) is 5.96. The highest BCUT2D eigenvalue weighted by molar-refractivity contribution is 5.80. The normalized spacial score (nSPS) is 18.8. The summed E-state index contributed by atoms with van der Waals surface area (Å²) in [7, 11) is 0. The number of aliphatic hydroxyl groups excluding tert-OH is 1. The quantitative estimate of drug-likeness (QED) is 0.668. The summed E-state index contributed by atoms with van der Waals surface area (Å²) in [6.07, 6.45) is 1.48. The van der Waals surface area contributed by atoms with Crippen LogP contribution in [-0.4, -0.2) is 34.3 Å². The zero-order valence-electron chi connectivity index (χ0n) is 17.7. The van der Waals surface area contributed by atoms with Gasteiger partial charge in [0.1, 0.15) is 5.78 Å². The first-order valence-electron chi connectivity index (χ1n) is 10.8. The van der Waals surface area contributed by atoms with Crippen LogP contribution in [0.3, 0.4) is 0 Å². The Kier molecular flexibility index (Phi) is 7.77. The third kappa shape index (κ3) is 5.77. The Labute approximate surface area is 178 Å². The number of aliphatic hydroxyl groups is 1. The molecule has 0 spiro atoms. The van der Waals surface area contributed by atoms with Gasteiger partial charge >= 0.3 is 0 Å². The van der Waals surface area contributed by atoms with Crippen LogP contribution < -0.4 is 5.73 Å². The lowest BCUT2D eigenvalue weighted by molar-refractivity contribution is -0.146. The minimum atomic E-state index is -0.846. The summed E-state index contributed by atoms with van der Waals surface area (Å²) in [5.74, 6) is -0.744. The summed E-state index contributed by atoms with van der Waals surface area (Å²) in [5, 5.41) is 11.2. The maximum atomic E-state index is 13.2. The predicted octanol–water partition coefficient (Wildman–Crippen LogP) is 3.08. The number of likely N-dealkylation sites (tertiary alicyclic amines) is 1. The zero-order chi connectivity index (χ0) is 21.5. The van der Waals surface area contributed by atoms with Gasteiger partial charge in [-0.2, -0.15) is 0 Å². The van der Waals surface area contributed by atoms with Gasteiger partial charge < -0.3 is 20.5 Å². The molecule has 30 heavy (non-hydrogen) atoms. The summed E-state index contributed by atoms with van der Waals surface area (Å²) in [6, 6.07) is 17.8. The number of ketones is 1. The number of benzene rings is 2. The molecule has 3 atom stereocenters. The summed E-state index contributed by atoms with van der Waals surface area (Å²) in [4.78, 5) is 26.9. The van der Waals surface area contributed by atoms with Gasteiger partial charge in [0, 0.05) is 26.1 Å². The Morgan fingerprint density at radius 2 is 1.83 bits per heavy atom. The number of nitrogens with two attached hydrogens (primary N) is 1. The van der Waals surface area contributed by atoms with Crippen LogP contribution >= 0.6 is 0 Å². The summed E-state index contributed by atoms with van der Waals surface area (Å²) in [6.45, 7) is 3.25. The minimum absolute atomic E-state index is 0.0122. The molecule has 1 aliphatic rings. The second-order valence-corrected chi connectivity index (χ2v) is 8.38. The fourth-order valence-corrected chi connectivity index (χ4v) is 4.45. The van der Waals surface area contributed by atoms with Crippen molar-refractivity contribution in [1.29, 1.82) is 0 Å². The highest BCUT2D eigenvalue weighted by atomic mass is 16.3. The Morgan fingerprint density at radius 3 is 2.53 bits per heavy atom. The monoisotopic (exact) mass is 408 g/mol. The molecule has 1 amide bonds. The summed E-state index contributed by atoms with van der Waals surface area (Å²) in [5.41, 5.74) is 8.89. The van der Waals surface area contributed by atoms with E-state index in [1.807, 2.05) is 59.5 Å². The van der Waals surface area contributed by atoms with E-state index in [2.05, 4.69) is 0 Å². The van der Waals surface area contributed by atoms with Crippen LogP contribution in [0.1, 0.15) is 42.9 Å². The summed E-state index contributed by atoms with van der Waals surface area (Å²) >= 11 is 0. The highest BCUT2D eigenvalue weighted by Crippen LogP contribution is 2.30. The maximum absolute atomic E-state index is 13.2. The molecule has 0 saturated carbocycles. The first kappa shape index (κ1) is 22.2. The molecule has 160 valence electrons.